The van der Waals surface area contributed by atoms with Crippen molar-refractivity contribution in [3.63, 3.8) is 0 Å². The lowest BCUT2D eigenvalue weighted by atomic mass is 10.2. The van der Waals surface area contributed by atoms with Gasteiger partial charge >= 0.3 is 0 Å². The Balaban J connectivity index is 0.000000924. The van der Waals surface area contributed by atoms with E-state index >= 15 is 0 Å². The van der Waals surface area contributed by atoms with E-state index in [1.165, 1.54) is 23.9 Å². The first-order chi connectivity index (χ1) is 11.3. The zero-order chi connectivity index (χ0) is 16.7. The molecule has 6 heteroatoms. The molecule has 3 nitrogen and oxygen atoms in total. The van der Waals surface area contributed by atoms with Crippen molar-refractivity contribution in [3.05, 3.63) is 29.4 Å². The summed E-state index contributed by atoms with van der Waals surface area (Å²) in [5, 5.41) is 3.34. The first kappa shape index (κ1) is 18.5. The fraction of sp³-hybridized carbons (Fsp3) is 0.529. The lowest BCUT2D eigenvalue weighted by Gasteiger charge is -2.35. The molecule has 1 aromatic heterocycles. The van der Waals surface area contributed by atoms with Gasteiger partial charge in [-0.25, -0.2) is 4.39 Å². The van der Waals surface area contributed by atoms with Crippen LogP contribution in [0.2, 0.25) is 0 Å². The van der Waals surface area contributed by atoms with Gasteiger partial charge in [-0.15, -0.1) is 22.9 Å². The van der Waals surface area contributed by atoms with Crippen molar-refractivity contribution in [3.8, 4) is 0 Å². The van der Waals surface area contributed by atoms with Crippen LogP contribution in [0.5, 0.6) is 0 Å². The van der Waals surface area contributed by atoms with Crippen LogP contribution in [0.15, 0.2) is 23.6 Å². The molecule has 23 heavy (non-hydrogen) atoms. The van der Waals surface area contributed by atoms with Crippen LogP contribution in [-0.2, 0) is 0 Å². The first-order valence-electron chi connectivity index (χ1n) is 8.00. The molecule has 1 aromatic carbocycles. The van der Waals surface area contributed by atoms with Gasteiger partial charge in [0, 0.05) is 48.0 Å². The van der Waals surface area contributed by atoms with E-state index in [0.717, 1.165) is 50.4 Å². The molecular weight excluding hydrogens is 333 g/mol. The smallest absolute Gasteiger partial charge is 0.124 e. The van der Waals surface area contributed by atoms with Gasteiger partial charge < -0.3 is 10.6 Å². The van der Waals surface area contributed by atoms with E-state index in [1.807, 2.05) is 6.07 Å². The summed E-state index contributed by atoms with van der Waals surface area (Å²) in [4.78, 5) is 4.94. The van der Waals surface area contributed by atoms with Crippen LogP contribution >= 0.6 is 22.9 Å². The fourth-order valence-electron chi connectivity index (χ4n) is 2.93. The van der Waals surface area contributed by atoms with Crippen molar-refractivity contribution >= 4 is 38.7 Å². The number of nitrogens with zero attached hydrogens (tertiary/aromatic N) is 2. The molecule has 1 aliphatic heterocycles. The van der Waals surface area contributed by atoms with E-state index in [4.69, 9.17) is 5.73 Å². The van der Waals surface area contributed by atoms with Crippen molar-refractivity contribution in [1.82, 2.24) is 4.90 Å². The Morgan fingerprint density at radius 3 is 2.61 bits per heavy atom. The van der Waals surface area contributed by atoms with Gasteiger partial charge in [0.15, 0.2) is 0 Å². The summed E-state index contributed by atoms with van der Waals surface area (Å²) in [5.74, 6) is -0.152. The number of hydrogen-bond donors (Lipinski definition) is 1. The Bertz CT molecular complexity index is 597. The molecule has 2 heterocycles. The number of alkyl halides is 1. The van der Waals surface area contributed by atoms with Gasteiger partial charge in [0.25, 0.3) is 0 Å². The molecule has 0 spiro atoms. The molecule has 0 amide bonds. The monoisotopic (exact) mass is 357 g/mol. The number of anilines is 1. The Morgan fingerprint density at radius 1 is 1.17 bits per heavy atom. The molecule has 0 radical (unpaired) electrons. The molecule has 3 rings (SSSR count). The van der Waals surface area contributed by atoms with E-state index in [2.05, 4.69) is 26.8 Å². The minimum absolute atomic E-state index is 0.152. The zero-order valence-corrected chi connectivity index (χ0v) is 15.2. The third-order valence-corrected chi connectivity index (χ3v) is 5.09. The van der Waals surface area contributed by atoms with E-state index in [-0.39, 0.29) is 5.82 Å². The molecule has 0 bridgehead atoms. The molecule has 0 unspecified atom stereocenters. The first-order valence-corrected chi connectivity index (χ1v) is 9.63. The zero-order valence-electron chi connectivity index (χ0n) is 13.6. The van der Waals surface area contributed by atoms with Crippen LogP contribution in [0.4, 0.5) is 10.1 Å². The molecule has 0 saturated carbocycles. The largest absolute Gasteiger partial charge is 0.368 e. The highest BCUT2D eigenvalue weighted by atomic mass is 35.5. The Hall–Kier alpha value is -0.880. The van der Waals surface area contributed by atoms with E-state index in [1.54, 1.807) is 23.5 Å². The SMILES string of the molecule is CCl.NCCCCN1CCN(c2csc3cc(F)ccc23)CC1. The number of nitrogens with two attached hydrogens (primary N) is 1. The lowest BCUT2D eigenvalue weighted by molar-refractivity contribution is 0.253. The average Bonchev–Trinajstić information content (AvgIpc) is 3.00. The predicted octanol–water partition coefficient (Wildman–Crippen LogP) is 3.76. The predicted molar refractivity (Wildman–Crippen MR) is 101 cm³/mol. The van der Waals surface area contributed by atoms with Crippen molar-refractivity contribution < 1.29 is 4.39 Å². The maximum Gasteiger partial charge on any atom is 0.124 e. The highest BCUT2D eigenvalue weighted by Crippen LogP contribution is 2.33. The van der Waals surface area contributed by atoms with E-state index < -0.39 is 0 Å². The number of rotatable bonds is 5. The quantitative estimate of drug-likeness (QED) is 0.653. The van der Waals surface area contributed by atoms with Crippen LogP contribution in [0.25, 0.3) is 10.1 Å². The van der Waals surface area contributed by atoms with Gasteiger partial charge in [0.2, 0.25) is 0 Å². The second-order valence-corrected chi connectivity index (χ2v) is 6.50. The number of unbranched alkanes of at least 4 members (excludes halogenated alkanes) is 1. The average molecular weight is 358 g/mol. The fourth-order valence-corrected chi connectivity index (χ4v) is 3.92. The molecule has 128 valence electrons. The number of piperazine rings is 1. The summed E-state index contributed by atoms with van der Waals surface area (Å²) in [7, 11) is 0. The summed E-state index contributed by atoms with van der Waals surface area (Å²) in [6.07, 6.45) is 3.78. The maximum atomic E-state index is 13.3. The number of thiophene rings is 1. The molecule has 1 saturated heterocycles. The van der Waals surface area contributed by atoms with Crippen LogP contribution < -0.4 is 10.6 Å². The van der Waals surface area contributed by atoms with Crippen molar-refractivity contribution in [2.75, 3.05) is 50.6 Å². The third-order valence-electron chi connectivity index (χ3n) is 4.16. The molecule has 0 aliphatic carbocycles. The van der Waals surface area contributed by atoms with Crippen LogP contribution in [-0.4, -0.2) is 50.6 Å². The number of halogens is 2. The summed E-state index contributed by atoms with van der Waals surface area (Å²) >= 11 is 6.27. The van der Waals surface area contributed by atoms with E-state index in [0.29, 0.717) is 0 Å². The Kier molecular flexibility index (Phi) is 7.56. The summed E-state index contributed by atoms with van der Waals surface area (Å²) in [6, 6.07) is 5.10. The number of fused-ring (bicyclic) bond motifs is 1. The van der Waals surface area contributed by atoms with Gasteiger partial charge in [0.1, 0.15) is 5.82 Å². The molecule has 2 aromatic rings. The maximum absolute atomic E-state index is 13.3. The van der Waals surface area contributed by atoms with E-state index in [9.17, 15) is 4.39 Å². The topological polar surface area (TPSA) is 32.5 Å². The van der Waals surface area contributed by atoms with Gasteiger partial charge in [-0.3, -0.25) is 4.90 Å². The minimum atomic E-state index is -0.152. The third kappa shape index (κ3) is 4.80. The highest BCUT2D eigenvalue weighted by Gasteiger charge is 2.19. The Labute approximate surface area is 146 Å². The highest BCUT2D eigenvalue weighted by molar-refractivity contribution is 7.17. The van der Waals surface area contributed by atoms with Gasteiger partial charge in [0.05, 0.1) is 5.69 Å². The van der Waals surface area contributed by atoms with Gasteiger partial charge in [-0.2, -0.15) is 0 Å². The van der Waals surface area contributed by atoms with Gasteiger partial charge in [-0.05, 0) is 44.1 Å². The summed E-state index contributed by atoms with van der Waals surface area (Å²) in [5.41, 5.74) is 6.80. The Morgan fingerprint density at radius 2 is 1.91 bits per heavy atom. The molecule has 1 fully saturated rings. The minimum Gasteiger partial charge on any atom is -0.368 e. The summed E-state index contributed by atoms with van der Waals surface area (Å²) in [6.45, 7) is 6.24. The molecular formula is C17H25ClFN3S. The van der Waals surface area contributed by atoms with Crippen molar-refractivity contribution in [2.24, 2.45) is 5.73 Å². The molecule has 2 N–H and O–H groups in total. The molecule has 0 atom stereocenters. The second-order valence-electron chi connectivity index (χ2n) is 5.59. The lowest BCUT2D eigenvalue weighted by Crippen LogP contribution is -2.46. The van der Waals surface area contributed by atoms with Crippen molar-refractivity contribution in [1.29, 1.82) is 0 Å². The van der Waals surface area contributed by atoms with Crippen LogP contribution in [0.3, 0.4) is 0 Å². The number of hydrogen-bond acceptors (Lipinski definition) is 4. The standard InChI is InChI=1S/C16H22FN3S.CH3Cl/c17-13-3-4-14-15(12-21-16(14)11-13)20-9-7-19(8-10-20)6-2-1-5-18;1-2/h3-4,11-12H,1-2,5-10,18H2;1H3. The summed E-state index contributed by atoms with van der Waals surface area (Å²) < 4.78 is 14.3. The van der Waals surface area contributed by atoms with Crippen LogP contribution in [0, 0.1) is 5.82 Å². The van der Waals surface area contributed by atoms with Gasteiger partial charge in [-0.1, -0.05) is 0 Å². The second kappa shape index (κ2) is 9.42. The molecule has 1 aliphatic rings. The number of benzene rings is 1. The normalized spacial score (nSPS) is 15.6. The van der Waals surface area contributed by atoms with Crippen molar-refractivity contribution in [2.45, 2.75) is 12.8 Å². The van der Waals surface area contributed by atoms with Crippen LogP contribution in [0.1, 0.15) is 12.8 Å².